The summed E-state index contributed by atoms with van der Waals surface area (Å²) >= 11 is 5.66. The summed E-state index contributed by atoms with van der Waals surface area (Å²) in [4.78, 5) is 4.08. The number of benzene rings is 1. The molecule has 1 heterocycles. The molecule has 0 saturated heterocycles. The number of halogens is 2. The highest BCUT2D eigenvalue weighted by Gasteiger charge is 2.06. The summed E-state index contributed by atoms with van der Waals surface area (Å²) in [6.45, 7) is 0.269. The topological polar surface area (TPSA) is 48.1 Å². The van der Waals surface area contributed by atoms with E-state index in [4.69, 9.17) is 22.1 Å². The van der Waals surface area contributed by atoms with Gasteiger partial charge in [-0.2, -0.15) is 0 Å². The van der Waals surface area contributed by atoms with E-state index in [-0.39, 0.29) is 11.6 Å². The van der Waals surface area contributed by atoms with E-state index in [0.29, 0.717) is 17.2 Å². The standard InChI is InChI=1S/C12H10ClFN2O/c13-9-6-8(3-4-10(9)14)17-12-2-1-5-16-11(12)7-15/h1-6H,7,15H2. The predicted octanol–water partition coefficient (Wildman–Crippen LogP) is 3.13. The zero-order valence-corrected chi connectivity index (χ0v) is 9.62. The lowest BCUT2D eigenvalue weighted by Crippen LogP contribution is -2.01. The number of hydrogen-bond acceptors (Lipinski definition) is 3. The third-order valence-electron chi connectivity index (χ3n) is 2.16. The van der Waals surface area contributed by atoms with Gasteiger partial charge in [0, 0.05) is 18.8 Å². The van der Waals surface area contributed by atoms with E-state index in [1.165, 1.54) is 18.2 Å². The summed E-state index contributed by atoms with van der Waals surface area (Å²) in [5.41, 5.74) is 6.16. The Hall–Kier alpha value is -1.65. The molecule has 0 saturated carbocycles. The van der Waals surface area contributed by atoms with Crippen LogP contribution in [-0.2, 0) is 6.54 Å². The molecule has 0 amide bonds. The monoisotopic (exact) mass is 252 g/mol. The van der Waals surface area contributed by atoms with Crippen LogP contribution in [0.2, 0.25) is 5.02 Å². The predicted molar refractivity (Wildman–Crippen MR) is 63.6 cm³/mol. The van der Waals surface area contributed by atoms with Crippen molar-refractivity contribution in [3.05, 3.63) is 53.1 Å². The maximum atomic E-state index is 13.0. The molecule has 2 aromatic rings. The third-order valence-corrected chi connectivity index (χ3v) is 2.45. The zero-order chi connectivity index (χ0) is 12.3. The van der Waals surface area contributed by atoms with Gasteiger partial charge in [-0.05, 0) is 24.3 Å². The molecule has 0 spiro atoms. The fourth-order valence-corrected chi connectivity index (χ4v) is 1.51. The second-order valence-corrected chi connectivity index (χ2v) is 3.74. The number of nitrogens with two attached hydrogens (primary N) is 1. The fourth-order valence-electron chi connectivity index (χ4n) is 1.34. The first-order chi connectivity index (χ1) is 8.20. The summed E-state index contributed by atoms with van der Waals surface area (Å²) in [6, 6.07) is 7.63. The largest absolute Gasteiger partial charge is 0.455 e. The van der Waals surface area contributed by atoms with Crippen molar-refractivity contribution >= 4 is 11.6 Å². The Morgan fingerprint density at radius 1 is 1.35 bits per heavy atom. The van der Waals surface area contributed by atoms with Gasteiger partial charge in [0.15, 0.2) is 0 Å². The van der Waals surface area contributed by atoms with Gasteiger partial charge in [-0.25, -0.2) is 4.39 Å². The minimum atomic E-state index is -0.482. The molecule has 1 aromatic heterocycles. The molecule has 0 unspecified atom stereocenters. The van der Waals surface area contributed by atoms with Crippen LogP contribution in [0.3, 0.4) is 0 Å². The lowest BCUT2D eigenvalue weighted by Gasteiger charge is -2.09. The van der Waals surface area contributed by atoms with Gasteiger partial charge in [-0.3, -0.25) is 4.98 Å². The molecule has 0 atom stereocenters. The van der Waals surface area contributed by atoms with Crippen molar-refractivity contribution in [2.45, 2.75) is 6.54 Å². The van der Waals surface area contributed by atoms with E-state index < -0.39 is 5.82 Å². The quantitative estimate of drug-likeness (QED) is 0.913. The smallest absolute Gasteiger partial charge is 0.150 e. The molecule has 0 aliphatic carbocycles. The highest BCUT2D eigenvalue weighted by atomic mass is 35.5. The molecule has 0 aliphatic rings. The van der Waals surface area contributed by atoms with E-state index >= 15 is 0 Å². The van der Waals surface area contributed by atoms with Gasteiger partial charge in [-0.15, -0.1) is 0 Å². The van der Waals surface area contributed by atoms with Crippen LogP contribution in [0.1, 0.15) is 5.69 Å². The number of rotatable bonds is 3. The van der Waals surface area contributed by atoms with Crippen molar-refractivity contribution in [1.29, 1.82) is 0 Å². The van der Waals surface area contributed by atoms with Crippen molar-refractivity contribution < 1.29 is 9.13 Å². The maximum absolute atomic E-state index is 13.0. The Kier molecular flexibility index (Phi) is 3.56. The van der Waals surface area contributed by atoms with Crippen LogP contribution in [-0.4, -0.2) is 4.98 Å². The van der Waals surface area contributed by atoms with E-state index in [0.717, 1.165) is 0 Å². The summed E-state index contributed by atoms with van der Waals surface area (Å²) in [7, 11) is 0. The minimum absolute atomic E-state index is 0.0145. The van der Waals surface area contributed by atoms with E-state index in [1.54, 1.807) is 18.3 Å². The molecule has 2 rings (SSSR count). The SMILES string of the molecule is NCc1ncccc1Oc1ccc(F)c(Cl)c1. The molecular weight excluding hydrogens is 243 g/mol. The van der Waals surface area contributed by atoms with Crippen molar-refractivity contribution in [3.8, 4) is 11.5 Å². The molecule has 0 radical (unpaired) electrons. The van der Waals surface area contributed by atoms with Crippen molar-refractivity contribution in [2.75, 3.05) is 0 Å². The van der Waals surface area contributed by atoms with Crippen LogP contribution in [0.25, 0.3) is 0 Å². The van der Waals surface area contributed by atoms with Gasteiger partial charge in [0.05, 0.1) is 10.7 Å². The van der Waals surface area contributed by atoms with Gasteiger partial charge in [-0.1, -0.05) is 11.6 Å². The number of pyridine rings is 1. The van der Waals surface area contributed by atoms with Crippen LogP contribution in [0, 0.1) is 5.82 Å². The van der Waals surface area contributed by atoms with Crippen LogP contribution in [0.15, 0.2) is 36.5 Å². The molecule has 88 valence electrons. The minimum Gasteiger partial charge on any atom is -0.455 e. The van der Waals surface area contributed by atoms with Crippen LogP contribution < -0.4 is 10.5 Å². The molecule has 3 nitrogen and oxygen atoms in total. The first-order valence-electron chi connectivity index (χ1n) is 4.97. The Morgan fingerprint density at radius 3 is 2.88 bits per heavy atom. The summed E-state index contributed by atoms with van der Waals surface area (Å²) in [5.74, 6) is 0.501. The van der Waals surface area contributed by atoms with Crippen LogP contribution in [0.4, 0.5) is 4.39 Å². The Labute approximate surface area is 103 Å². The maximum Gasteiger partial charge on any atom is 0.150 e. The van der Waals surface area contributed by atoms with Crippen molar-refractivity contribution in [2.24, 2.45) is 5.73 Å². The Bertz CT molecular complexity index is 534. The lowest BCUT2D eigenvalue weighted by molar-refractivity contribution is 0.471. The summed E-state index contributed by atoms with van der Waals surface area (Å²) < 4.78 is 18.5. The summed E-state index contributed by atoms with van der Waals surface area (Å²) in [6.07, 6.45) is 1.63. The van der Waals surface area contributed by atoms with Crippen molar-refractivity contribution in [3.63, 3.8) is 0 Å². The average Bonchev–Trinajstić information content (AvgIpc) is 2.34. The van der Waals surface area contributed by atoms with Gasteiger partial charge in [0.2, 0.25) is 0 Å². The highest BCUT2D eigenvalue weighted by molar-refractivity contribution is 6.30. The molecule has 0 fully saturated rings. The second-order valence-electron chi connectivity index (χ2n) is 3.33. The first kappa shape index (κ1) is 11.8. The first-order valence-corrected chi connectivity index (χ1v) is 5.35. The fraction of sp³-hybridized carbons (Fsp3) is 0.0833. The highest BCUT2D eigenvalue weighted by Crippen LogP contribution is 2.27. The lowest BCUT2D eigenvalue weighted by atomic mass is 10.3. The molecule has 0 bridgehead atoms. The zero-order valence-electron chi connectivity index (χ0n) is 8.86. The molecule has 0 aliphatic heterocycles. The third kappa shape index (κ3) is 2.72. The molecule has 1 aromatic carbocycles. The number of hydrogen-bond donors (Lipinski definition) is 1. The molecule has 5 heteroatoms. The normalized spacial score (nSPS) is 10.3. The second kappa shape index (κ2) is 5.12. The van der Waals surface area contributed by atoms with Gasteiger partial charge < -0.3 is 10.5 Å². The average molecular weight is 253 g/mol. The van der Waals surface area contributed by atoms with E-state index in [9.17, 15) is 4.39 Å². The van der Waals surface area contributed by atoms with Crippen LogP contribution in [0.5, 0.6) is 11.5 Å². The number of aromatic nitrogens is 1. The summed E-state index contributed by atoms with van der Waals surface area (Å²) in [5, 5.41) is 0.0145. The molecular formula is C12H10ClFN2O. The van der Waals surface area contributed by atoms with Crippen LogP contribution >= 0.6 is 11.6 Å². The molecule has 2 N–H and O–H groups in total. The Balaban J connectivity index is 2.28. The van der Waals surface area contributed by atoms with Gasteiger partial charge in [0.25, 0.3) is 0 Å². The van der Waals surface area contributed by atoms with Crippen molar-refractivity contribution in [1.82, 2.24) is 4.98 Å². The number of nitrogens with zero attached hydrogens (tertiary/aromatic N) is 1. The number of ether oxygens (including phenoxy) is 1. The van der Waals surface area contributed by atoms with E-state index in [1.807, 2.05) is 0 Å². The molecule has 17 heavy (non-hydrogen) atoms. The van der Waals surface area contributed by atoms with Gasteiger partial charge >= 0.3 is 0 Å². The Morgan fingerprint density at radius 2 is 2.18 bits per heavy atom. The van der Waals surface area contributed by atoms with Gasteiger partial charge in [0.1, 0.15) is 17.3 Å². The van der Waals surface area contributed by atoms with E-state index in [2.05, 4.69) is 4.98 Å².